The smallest absolute Gasteiger partial charge is 0.462 e. The summed E-state index contributed by atoms with van der Waals surface area (Å²) in [5.74, 6) is -2.22. The number of phosphoric acid groups is 2. The monoisotopic (exact) mass is 1450 g/mol. The summed E-state index contributed by atoms with van der Waals surface area (Å²) in [4.78, 5) is 72.9. The third-order valence-corrected chi connectivity index (χ3v) is 18.4. The van der Waals surface area contributed by atoms with E-state index in [1.165, 1.54) is 77.0 Å². The lowest BCUT2D eigenvalue weighted by Gasteiger charge is -2.21. The SMILES string of the molecule is CC/C=C\C/C=C\C/C=C\C/C=C\CCCCCCC(=O)OCC(COP(=O)(O)OCC(O)COP(=O)(O)OCC(COC(=O)CCCCCCC/C=C\CCCCCCCC)OC(=O)CCCCCCC/C=C\CCCCCCCC)OC(=O)CCCCCCC/C=C\C/C=C\CCC. The first kappa shape index (κ1) is 96.0. The van der Waals surface area contributed by atoms with E-state index in [2.05, 4.69) is 125 Å². The minimum Gasteiger partial charge on any atom is -0.462 e. The van der Waals surface area contributed by atoms with E-state index < -0.39 is 97.5 Å². The first-order chi connectivity index (χ1) is 48.7. The highest BCUT2D eigenvalue weighted by atomic mass is 31.2. The molecule has 0 rings (SSSR count). The van der Waals surface area contributed by atoms with Crippen molar-refractivity contribution in [2.24, 2.45) is 0 Å². The summed E-state index contributed by atoms with van der Waals surface area (Å²) in [6, 6.07) is 0. The third-order valence-electron chi connectivity index (χ3n) is 16.5. The number of allylic oxidation sites excluding steroid dienone is 16. The summed E-state index contributed by atoms with van der Waals surface area (Å²) >= 11 is 0. The molecule has 578 valence electrons. The van der Waals surface area contributed by atoms with Crippen molar-refractivity contribution in [1.82, 2.24) is 0 Å². The number of carbonyl (C=O) groups is 4. The lowest BCUT2D eigenvalue weighted by Crippen LogP contribution is -2.30. The molecule has 19 heteroatoms. The largest absolute Gasteiger partial charge is 0.472 e. The zero-order valence-electron chi connectivity index (χ0n) is 63.1. The van der Waals surface area contributed by atoms with Crippen molar-refractivity contribution in [2.45, 2.75) is 354 Å². The maximum atomic E-state index is 13.1. The van der Waals surface area contributed by atoms with Crippen LogP contribution in [0.1, 0.15) is 336 Å². The summed E-state index contributed by atoms with van der Waals surface area (Å²) in [7, 11) is -9.96. The Kier molecular flexibility index (Phi) is 70.4. The van der Waals surface area contributed by atoms with Gasteiger partial charge in [0.2, 0.25) is 0 Å². The minimum absolute atomic E-state index is 0.0724. The molecular weight excluding hydrogens is 1310 g/mol. The topological polar surface area (TPSA) is 237 Å². The maximum Gasteiger partial charge on any atom is 0.472 e. The molecule has 0 fully saturated rings. The highest BCUT2D eigenvalue weighted by molar-refractivity contribution is 7.47. The van der Waals surface area contributed by atoms with Crippen molar-refractivity contribution < 1.29 is 80.2 Å². The van der Waals surface area contributed by atoms with Crippen LogP contribution < -0.4 is 0 Å². The van der Waals surface area contributed by atoms with Gasteiger partial charge >= 0.3 is 39.5 Å². The van der Waals surface area contributed by atoms with Crippen LogP contribution in [-0.4, -0.2) is 96.7 Å². The Morgan fingerprint density at radius 1 is 0.290 bits per heavy atom. The number of aliphatic hydroxyl groups excluding tert-OH is 1. The van der Waals surface area contributed by atoms with E-state index in [0.717, 1.165) is 180 Å². The van der Waals surface area contributed by atoms with Gasteiger partial charge in [0, 0.05) is 25.7 Å². The van der Waals surface area contributed by atoms with Gasteiger partial charge in [0.25, 0.3) is 0 Å². The van der Waals surface area contributed by atoms with Gasteiger partial charge in [0.05, 0.1) is 26.4 Å². The van der Waals surface area contributed by atoms with Crippen molar-refractivity contribution in [3.8, 4) is 0 Å². The van der Waals surface area contributed by atoms with Crippen LogP contribution in [0.5, 0.6) is 0 Å². The van der Waals surface area contributed by atoms with E-state index in [0.29, 0.717) is 25.7 Å². The molecule has 0 radical (unpaired) electrons. The van der Waals surface area contributed by atoms with Crippen molar-refractivity contribution in [1.29, 1.82) is 0 Å². The number of esters is 4. The lowest BCUT2D eigenvalue weighted by atomic mass is 10.1. The fourth-order valence-electron chi connectivity index (χ4n) is 10.5. The third kappa shape index (κ3) is 72.3. The molecule has 5 unspecified atom stereocenters. The molecule has 100 heavy (non-hydrogen) atoms. The number of rotatable bonds is 74. The van der Waals surface area contributed by atoms with E-state index in [1.807, 2.05) is 0 Å². The molecule has 17 nitrogen and oxygen atoms in total. The molecule has 0 bridgehead atoms. The number of ether oxygens (including phenoxy) is 4. The molecule has 5 atom stereocenters. The number of unbranched alkanes of at least 4 members (excludes halogenated alkanes) is 32. The molecule has 0 aliphatic carbocycles. The van der Waals surface area contributed by atoms with Gasteiger partial charge in [-0.3, -0.25) is 37.3 Å². The van der Waals surface area contributed by atoms with Gasteiger partial charge in [0.1, 0.15) is 19.3 Å². The minimum atomic E-state index is -4.98. The molecule has 0 spiro atoms. The number of phosphoric ester groups is 2. The van der Waals surface area contributed by atoms with E-state index in [1.54, 1.807) is 0 Å². The zero-order chi connectivity index (χ0) is 73.2. The van der Waals surface area contributed by atoms with Crippen LogP contribution in [0.15, 0.2) is 97.2 Å². The molecule has 3 N–H and O–H groups in total. The van der Waals surface area contributed by atoms with Gasteiger partial charge in [-0.05, 0) is 141 Å². The Morgan fingerprint density at radius 2 is 0.540 bits per heavy atom. The van der Waals surface area contributed by atoms with Gasteiger partial charge in [-0.1, -0.05) is 266 Å². The van der Waals surface area contributed by atoms with Crippen LogP contribution in [0.4, 0.5) is 0 Å². The van der Waals surface area contributed by atoms with Crippen LogP contribution in [-0.2, 0) is 65.4 Å². The van der Waals surface area contributed by atoms with Crippen LogP contribution >= 0.6 is 15.6 Å². The Bertz CT molecular complexity index is 2270. The standard InChI is InChI=1S/C81H142O17P2/c1-5-9-13-17-21-25-29-33-36-37-40-43-46-50-54-58-62-66-79(84)92-71-76(97-80(85)67-63-59-55-51-47-41-32-28-24-20-16-12-8-4)73-95-99(87,88)93-69-75(82)70-94-100(89,90)96-74-77(98-81(86)68-64-60-56-52-48-44-39-35-31-27-23-19-15-11-7-3)72-91-78(83)65-61-57-53-49-45-42-38-34-30-26-22-18-14-10-6-2/h9,13,16,20-21,25,28,32-36,38-40,43,75-77,82H,5-8,10-12,14-15,17-19,22-24,26-27,29-31,37,41-42,44-74H2,1-4H3,(H,87,88)(H,89,90)/b13-9-,20-16-,25-21-,32-28-,36-33-,38-34-,39-35-,43-40-. The number of hydrogen-bond acceptors (Lipinski definition) is 15. The second kappa shape index (κ2) is 73.3. The van der Waals surface area contributed by atoms with Crippen molar-refractivity contribution in [3.63, 3.8) is 0 Å². The number of hydrogen-bond donors (Lipinski definition) is 3. The fourth-order valence-corrected chi connectivity index (χ4v) is 12.1. The summed E-state index contributed by atoms with van der Waals surface area (Å²) in [6.45, 7) is 4.66. The average Bonchev–Trinajstić information content (AvgIpc) is 0.965. The highest BCUT2D eigenvalue weighted by Crippen LogP contribution is 2.45. The molecule has 0 saturated carbocycles. The quantitative estimate of drug-likeness (QED) is 0.0169. The summed E-state index contributed by atoms with van der Waals surface area (Å²) in [6.07, 6.45) is 76.7. The predicted molar refractivity (Wildman–Crippen MR) is 409 cm³/mol. The van der Waals surface area contributed by atoms with Crippen molar-refractivity contribution >= 4 is 39.5 Å². The number of aliphatic hydroxyl groups is 1. The molecule has 0 amide bonds. The van der Waals surface area contributed by atoms with Gasteiger partial charge in [-0.2, -0.15) is 0 Å². The summed E-state index contributed by atoms with van der Waals surface area (Å²) < 4.78 is 68.5. The van der Waals surface area contributed by atoms with E-state index in [-0.39, 0.29) is 25.7 Å². The van der Waals surface area contributed by atoms with Crippen molar-refractivity contribution in [3.05, 3.63) is 97.2 Å². The number of carbonyl (C=O) groups excluding carboxylic acids is 4. The summed E-state index contributed by atoms with van der Waals surface area (Å²) in [5.41, 5.74) is 0. The molecule has 0 aliphatic heterocycles. The molecule has 0 saturated heterocycles. The van der Waals surface area contributed by atoms with Crippen LogP contribution in [0.25, 0.3) is 0 Å². The second-order valence-electron chi connectivity index (χ2n) is 26.3. The van der Waals surface area contributed by atoms with Crippen molar-refractivity contribution in [2.75, 3.05) is 39.6 Å². The van der Waals surface area contributed by atoms with Crippen LogP contribution in [0, 0.1) is 0 Å². The van der Waals surface area contributed by atoms with Gasteiger partial charge in [-0.25, -0.2) is 9.13 Å². The molecule has 0 aromatic rings. The highest BCUT2D eigenvalue weighted by Gasteiger charge is 2.30. The Hall–Kier alpha value is -4.02. The first-order valence-electron chi connectivity index (χ1n) is 39.5. The Balaban J connectivity index is 5.37. The predicted octanol–water partition coefficient (Wildman–Crippen LogP) is 22.8. The second-order valence-corrected chi connectivity index (χ2v) is 29.2. The van der Waals surface area contributed by atoms with Gasteiger partial charge in [0.15, 0.2) is 12.2 Å². The van der Waals surface area contributed by atoms with Gasteiger partial charge < -0.3 is 33.8 Å². The average molecular weight is 1450 g/mol. The molecule has 0 aliphatic rings. The maximum absolute atomic E-state index is 13.1. The fraction of sp³-hybridized carbons (Fsp3) is 0.753. The first-order valence-corrected chi connectivity index (χ1v) is 42.5. The van der Waals surface area contributed by atoms with Gasteiger partial charge in [-0.15, -0.1) is 0 Å². The molecule has 0 aromatic carbocycles. The van der Waals surface area contributed by atoms with Crippen LogP contribution in [0.2, 0.25) is 0 Å². The summed E-state index contributed by atoms with van der Waals surface area (Å²) in [5, 5.41) is 10.6. The molecule has 0 heterocycles. The van der Waals surface area contributed by atoms with Crippen LogP contribution in [0.3, 0.4) is 0 Å². The van der Waals surface area contributed by atoms with E-state index >= 15 is 0 Å². The van der Waals surface area contributed by atoms with E-state index in [9.17, 15) is 43.2 Å². The molecular formula is C81H142O17P2. The Labute approximate surface area is 607 Å². The van der Waals surface area contributed by atoms with E-state index in [4.69, 9.17) is 37.0 Å². The molecule has 0 aromatic heterocycles. The normalized spacial score (nSPS) is 14.4. The zero-order valence-corrected chi connectivity index (χ0v) is 64.9. The Morgan fingerprint density at radius 3 is 0.850 bits per heavy atom. The lowest BCUT2D eigenvalue weighted by molar-refractivity contribution is -0.161.